The first-order chi connectivity index (χ1) is 14.0. The second-order valence-corrected chi connectivity index (χ2v) is 6.65. The number of nitrogens with one attached hydrogen (secondary N) is 2. The van der Waals surface area contributed by atoms with Crippen molar-refractivity contribution >= 4 is 41.6 Å². The Morgan fingerprint density at radius 3 is 2.83 bits per heavy atom. The van der Waals surface area contributed by atoms with Gasteiger partial charge in [0.1, 0.15) is 5.82 Å². The molecule has 1 heterocycles. The summed E-state index contributed by atoms with van der Waals surface area (Å²) in [5, 5.41) is 14.1. The lowest BCUT2D eigenvalue weighted by Gasteiger charge is -2.12. The zero-order valence-electron chi connectivity index (χ0n) is 15.7. The normalized spacial score (nSPS) is 10.9. The molecule has 2 aromatic carbocycles. The number of aromatic amines is 1. The average molecular weight is 432 g/mol. The zero-order chi connectivity index (χ0) is 20.8. The van der Waals surface area contributed by atoms with Crippen LogP contribution in [0.15, 0.2) is 47.6 Å². The van der Waals surface area contributed by atoms with Gasteiger partial charge in [-0.25, -0.2) is 0 Å². The number of aromatic nitrogens is 3. The molecule has 0 aliphatic heterocycles. The molecule has 1 amide bonds. The van der Waals surface area contributed by atoms with Crippen LogP contribution in [0, 0.1) is 11.7 Å². The van der Waals surface area contributed by atoms with E-state index in [2.05, 4.69) is 20.6 Å². The molecule has 3 rings (SSSR count). The SMILES string of the molecule is COc1cc(/C=N\n2c(C)n[nH]c2=S)ccc1OCC(=O)Nc1ccccc1Cl. The van der Waals surface area contributed by atoms with Gasteiger partial charge in [0, 0.05) is 0 Å². The summed E-state index contributed by atoms with van der Waals surface area (Å²) in [7, 11) is 1.52. The Balaban J connectivity index is 1.67. The molecular formula is C19H18ClN5O3S. The Kier molecular flexibility index (Phi) is 6.63. The molecule has 29 heavy (non-hydrogen) atoms. The van der Waals surface area contributed by atoms with Crippen LogP contribution in [0.4, 0.5) is 5.69 Å². The number of anilines is 1. The van der Waals surface area contributed by atoms with Gasteiger partial charge < -0.3 is 14.8 Å². The van der Waals surface area contributed by atoms with Gasteiger partial charge in [0.05, 0.1) is 24.0 Å². The number of halogens is 1. The molecule has 10 heteroatoms. The number of hydrogen-bond donors (Lipinski definition) is 2. The third-order valence-corrected chi connectivity index (χ3v) is 4.42. The number of H-pyrrole nitrogens is 1. The first-order valence-electron chi connectivity index (χ1n) is 8.51. The van der Waals surface area contributed by atoms with E-state index in [0.29, 0.717) is 32.8 Å². The van der Waals surface area contributed by atoms with Crippen molar-refractivity contribution in [2.45, 2.75) is 6.92 Å². The van der Waals surface area contributed by atoms with Gasteiger partial charge in [0.15, 0.2) is 18.1 Å². The number of carbonyl (C=O) groups excluding carboxylic acids is 1. The molecule has 3 aromatic rings. The molecule has 0 unspecified atom stereocenters. The van der Waals surface area contributed by atoms with Crippen molar-refractivity contribution in [1.29, 1.82) is 0 Å². The first-order valence-corrected chi connectivity index (χ1v) is 9.30. The molecule has 0 saturated carbocycles. The van der Waals surface area contributed by atoms with Crippen LogP contribution in [0.2, 0.25) is 5.02 Å². The van der Waals surface area contributed by atoms with E-state index in [1.807, 2.05) is 0 Å². The molecule has 0 bridgehead atoms. The Labute approximate surface area is 177 Å². The summed E-state index contributed by atoms with van der Waals surface area (Å²) in [6.07, 6.45) is 1.62. The highest BCUT2D eigenvalue weighted by Crippen LogP contribution is 2.28. The topological polar surface area (TPSA) is 93.5 Å². The smallest absolute Gasteiger partial charge is 0.262 e. The number of amides is 1. The van der Waals surface area contributed by atoms with Gasteiger partial charge in [-0.3, -0.25) is 9.89 Å². The van der Waals surface area contributed by atoms with Gasteiger partial charge >= 0.3 is 0 Å². The van der Waals surface area contributed by atoms with E-state index < -0.39 is 0 Å². The minimum absolute atomic E-state index is 0.196. The fraction of sp³-hybridized carbons (Fsp3) is 0.158. The Hall–Kier alpha value is -3.17. The minimum atomic E-state index is -0.337. The number of methoxy groups -OCH3 is 1. The predicted octanol–water partition coefficient (Wildman–Crippen LogP) is 3.81. The summed E-state index contributed by atoms with van der Waals surface area (Å²) in [5.41, 5.74) is 1.28. The molecule has 0 aliphatic rings. The molecule has 0 fully saturated rings. The molecule has 8 nitrogen and oxygen atoms in total. The second kappa shape index (κ2) is 9.35. The van der Waals surface area contributed by atoms with Crippen LogP contribution < -0.4 is 14.8 Å². The molecule has 1 aromatic heterocycles. The number of nitrogens with zero attached hydrogens (tertiary/aromatic N) is 3. The second-order valence-electron chi connectivity index (χ2n) is 5.86. The minimum Gasteiger partial charge on any atom is -0.493 e. The molecule has 150 valence electrons. The molecular weight excluding hydrogens is 414 g/mol. The van der Waals surface area contributed by atoms with Crippen molar-refractivity contribution in [3.8, 4) is 11.5 Å². The maximum absolute atomic E-state index is 12.1. The lowest BCUT2D eigenvalue weighted by Crippen LogP contribution is -2.20. The quantitative estimate of drug-likeness (QED) is 0.438. The standard InChI is InChI=1S/C19H18ClN5O3S/c1-12-23-24-19(29)25(12)21-10-13-7-8-16(17(9-13)27-2)28-11-18(26)22-15-6-4-3-5-14(15)20/h3-10H,11H2,1-2H3,(H,22,26)(H,24,29)/b21-10-. The first kappa shape index (κ1) is 20.6. The third kappa shape index (κ3) is 5.21. The van der Waals surface area contributed by atoms with Gasteiger partial charge in [0.25, 0.3) is 5.91 Å². The highest BCUT2D eigenvalue weighted by Gasteiger charge is 2.10. The number of aryl methyl sites for hydroxylation is 1. The monoisotopic (exact) mass is 431 g/mol. The molecule has 2 N–H and O–H groups in total. The van der Waals surface area contributed by atoms with Crippen LogP contribution in [0.25, 0.3) is 0 Å². The van der Waals surface area contributed by atoms with Crippen molar-refractivity contribution in [2.24, 2.45) is 5.10 Å². The van der Waals surface area contributed by atoms with E-state index in [-0.39, 0.29) is 12.5 Å². The number of hydrogen-bond acceptors (Lipinski definition) is 6. The Morgan fingerprint density at radius 1 is 1.34 bits per heavy atom. The fourth-order valence-electron chi connectivity index (χ4n) is 2.41. The Morgan fingerprint density at radius 2 is 2.14 bits per heavy atom. The summed E-state index contributed by atoms with van der Waals surface area (Å²) in [4.78, 5) is 12.1. The van der Waals surface area contributed by atoms with Crippen molar-refractivity contribution in [1.82, 2.24) is 14.9 Å². The molecule has 0 spiro atoms. The van der Waals surface area contributed by atoms with E-state index in [4.69, 9.17) is 33.3 Å². The van der Waals surface area contributed by atoms with Gasteiger partial charge in [-0.15, -0.1) is 0 Å². The number of ether oxygens (including phenoxy) is 2. The van der Waals surface area contributed by atoms with Gasteiger partial charge in [0.2, 0.25) is 4.77 Å². The summed E-state index contributed by atoms with van der Waals surface area (Å²) in [6.45, 7) is 1.59. The number of carbonyl (C=O) groups is 1. The number of rotatable bonds is 7. The fourth-order valence-corrected chi connectivity index (χ4v) is 2.81. The maximum Gasteiger partial charge on any atom is 0.262 e. The predicted molar refractivity (Wildman–Crippen MR) is 114 cm³/mol. The molecule has 0 saturated heterocycles. The summed E-state index contributed by atoms with van der Waals surface area (Å²) >= 11 is 11.1. The maximum atomic E-state index is 12.1. The van der Waals surface area contributed by atoms with Crippen molar-refractivity contribution in [3.05, 3.63) is 63.6 Å². The van der Waals surface area contributed by atoms with Crippen LogP contribution in [0.3, 0.4) is 0 Å². The van der Waals surface area contributed by atoms with E-state index in [9.17, 15) is 4.79 Å². The number of benzene rings is 2. The van der Waals surface area contributed by atoms with E-state index in [1.165, 1.54) is 11.8 Å². The highest BCUT2D eigenvalue weighted by atomic mass is 35.5. The van der Waals surface area contributed by atoms with Gasteiger partial charge in [-0.1, -0.05) is 23.7 Å². The van der Waals surface area contributed by atoms with Crippen LogP contribution in [0.1, 0.15) is 11.4 Å². The van der Waals surface area contributed by atoms with Crippen molar-refractivity contribution in [2.75, 3.05) is 19.0 Å². The van der Waals surface area contributed by atoms with Crippen molar-refractivity contribution < 1.29 is 14.3 Å². The Bertz CT molecular complexity index is 1110. The molecule has 0 radical (unpaired) electrons. The van der Waals surface area contributed by atoms with Crippen LogP contribution in [-0.2, 0) is 4.79 Å². The third-order valence-electron chi connectivity index (χ3n) is 3.83. The number of para-hydroxylation sites is 1. The summed E-state index contributed by atoms with van der Waals surface area (Å²) in [5.74, 6) is 1.19. The average Bonchev–Trinajstić information content (AvgIpc) is 3.04. The highest BCUT2D eigenvalue weighted by molar-refractivity contribution is 7.71. The van der Waals surface area contributed by atoms with Crippen LogP contribution in [0.5, 0.6) is 11.5 Å². The molecule has 0 aliphatic carbocycles. The van der Waals surface area contributed by atoms with Crippen LogP contribution in [-0.4, -0.2) is 40.7 Å². The lowest BCUT2D eigenvalue weighted by atomic mass is 10.2. The van der Waals surface area contributed by atoms with Crippen molar-refractivity contribution in [3.63, 3.8) is 0 Å². The van der Waals surface area contributed by atoms with Gasteiger partial charge in [-0.2, -0.15) is 14.9 Å². The largest absolute Gasteiger partial charge is 0.493 e. The summed E-state index contributed by atoms with van der Waals surface area (Å²) in [6, 6.07) is 12.2. The van der Waals surface area contributed by atoms with E-state index in [0.717, 1.165) is 5.56 Å². The van der Waals surface area contributed by atoms with E-state index >= 15 is 0 Å². The van der Waals surface area contributed by atoms with Gasteiger partial charge in [-0.05, 0) is 55.0 Å². The lowest BCUT2D eigenvalue weighted by molar-refractivity contribution is -0.118. The summed E-state index contributed by atoms with van der Waals surface area (Å²) < 4.78 is 12.8. The zero-order valence-corrected chi connectivity index (χ0v) is 17.3. The van der Waals surface area contributed by atoms with Crippen LogP contribution >= 0.6 is 23.8 Å². The molecule has 0 atom stereocenters. The van der Waals surface area contributed by atoms with E-state index in [1.54, 1.807) is 55.6 Å².